The Morgan fingerprint density at radius 3 is 2.71 bits per heavy atom. The van der Waals surface area contributed by atoms with E-state index in [4.69, 9.17) is 14.9 Å². The highest BCUT2D eigenvalue weighted by Gasteiger charge is 2.01. The Bertz CT molecular complexity index is 330. The maximum Gasteiger partial charge on any atom is 0.123 e. The average Bonchev–Trinajstić information content (AvgIpc) is 2.30. The predicted octanol–water partition coefficient (Wildman–Crippen LogP) is 0.586. The van der Waals surface area contributed by atoms with Crippen LogP contribution < -0.4 is 5.32 Å². The minimum atomic E-state index is 0.0504. The van der Waals surface area contributed by atoms with E-state index in [-0.39, 0.29) is 18.1 Å². The monoisotopic (exact) mass is 241 g/mol. The second-order valence-corrected chi connectivity index (χ2v) is 3.68. The fourth-order valence-electron chi connectivity index (χ4n) is 1.39. The molecule has 0 aromatic heterocycles. The molecule has 1 aromatic carbocycles. The topological polar surface area (TPSA) is 82.0 Å². The summed E-state index contributed by atoms with van der Waals surface area (Å²) in [5.41, 5.74) is 0.749. The highest BCUT2D eigenvalue weighted by molar-refractivity contribution is 5.38. The van der Waals surface area contributed by atoms with Gasteiger partial charge < -0.3 is 25.4 Å². The van der Waals surface area contributed by atoms with Gasteiger partial charge in [0.05, 0.1) is 13.2 Å². The third-order valence-corrected chi connectivity index (χ3v) is 2.26. The summed E-state index contributed by atoms with van der Waals surface area (Å²) < 4.78 is 5.10. The van der Waals surface area contributed by atoms with Gasteiger partial charge in [0.15, 0.2) is 0 Å². The molecule has 0 spiro atoms. The SMILES string of the molecule is OCCOCCCNCc1ccc(O)cc1O. The highest BCUT2D eigenvalue weighted by atomic mass is 16.5. The largest absolute Gasteiger partial charge is 0.508 e. The van der Waals surface area contributed by atoms with Crippen molar-refractivity contribution >= 4 is 0 Å². The molecule has 0 unspecified atom stereocenters. The van der Waals surface area contributed by atoms with Gasteiger partial charge in [-0.05, 0) is 19.0 Å². The molecule has 1 aromatic rings. The number of hydrogen-bond donors (Lipinski definition) is 4. The number of ether oxygens (including phenoxy) is 1. The smallest absolute Gasteiger partial charge is 0.123 e. The minimum Gasteiger partial charge on any atom is -0.508 e. The van der Waals surface area contributed by atoms with Gasteiger partial charge in [0.2, 0.25) is 0 Å². The number of phenolic OH excluding ortho intramolecular Hbond substituents is 2. The lowest BCUT2D eigenvalue weighted by Gasteiger charge is -2.07. The van der Waals surface area contributed by atoms with Gasteiger partial charge >= 0.3 is 0 Å². The summed E-state index contributed by atoms with van der Waals surface area (Å²) in [6, 6.07) is 4.54. The summed E-state index contributed by atoms with van der Waals surface area (Å²) >= 11 is 0. The molecule has 4 N–H and O–H groups in total. The maximum absolute atomic E-state index is 9.51. The third-order valence-electron chi connectivity index (χ3n) is 2.26. The van der Waals surface area contributed by atoms with Crippen molar-refractivity contribution in [3.63, 3.8) is 0 Å². The van der Waals surface area contributed by atoms with Gasteiger partial charge in [0, 0.05) is 24.8 Å². The van der Waals surface area contributed by atoms with Gasteiger partial charge in [-0.25, -0.2) is 0 Å². The summed E-state index contributed by atoms with van der Waals surface area (Å²) in [5, 5.41) is 30.3. The molecule has 0 aliphatic rings. The van der Waals surface area contributed by atoms with Crippen LogP contribution in [0.25, 0.3) is 0 Å². The van der Waals surface area contributed by atoms with E-state index >= 15 is 0 Å². The van der Waals surface area contributed by atoms with Crippen LogP contribution in [-0.2, 0) is 11.3 Å². The predicted molar refractivity (Wildman–Crippen MR) is 64.0 cm³/mol. The van der Waals surface area contributed by atoms with Crippen molar-refractivity contribution in [2.24, 2.45) is 0 Å². The molecule has 0 heterocycles. The van der Waals surface area contributed by atoms with Crippen LogP contribution in [0.2, 0.25) is 0 Å². The lowest BCUT2D eigenvalue weighted by atomic mass is 10.2. The molecule has 0 saturated carbocycles. The Kier molecular flexibility index (Phi) is 6.39. The van der Waals surface area contributed by atoms with Crippen LogP contribution in [0.15, 0.2) is 18.2 Å². The van der Waals surface area contributed by atoms with Crippen LogP contribution >= 0.6 is 0 Å². The van der Waals surface area contributed by atoms with E-state index in [0.29, 0.717) is 19.8 Å². The molecule has 96 valence electrons. The minimum absolute atomic E-state index is 0.0504. The quantitative estimate of drug-likeness (QED) is 0.501. The van der Waals surface area contributed by atoms with E-state index in [1.54, 1.807) is 12.1 Å². The van der Waals surface area contributed by atoms with E-state index < -0.39 is 0 Å². The number of benzene rings is 1. The van der Waals surface area contributed by atoms with Crippen molar-refractivity contribution in [1.29, 1.82) is 0 Å². The Morgan fingerprint density at radius 2 is 2.00 bits per heavy atom. The molecule has 0 saturated heterocycles. The Balaban J connectivity index is 2.14. The van der Waals surface area contributed by atoms with Crippen LogP contribution in [-0.4, -0.2) is 41.7 Å². The number of aliphatic hydroxyl groups excluding tert-OH is 1. The van der Waals surface area contributed by atoms with Gasteiger partial charge in [-0.1, -0.05) is 6.07 Å². The number of rotatable bonds is 8. The summed E-state index contributed by atoms with van der Waals surface area (Å²) in [7, 11) is 0. The number of hydrogen-bond acceptors (Lipinski definition) is 5. The molecule has 0 aliphatic heterocycles. The van der Waals surface area contributed by atoms with Crippen LogP contribution in [0.4, 0.5) is 0 Å². The molecule has 0 amide bonds. The standard InChI is InChI=1S/C12H19NO4/c14-5-7-17-6-1-4-13-9-10-2-3-11(15)8-12(10)16/h2-3,8,13-16H,1,4-7,9H2. The molecule has 17 heavy (non-hydrogen) atoms. The fraction of sp³-hybridized carbons (Fsp3) is 0.500. The maximum atomic E-state index is 9.51. The third kappa shape index (κ3) is 5.53. The molecule has 5 nitrogen and oxygen atoms in total. The van der Waals surface area contributed by atoms with Gasteiger partial charge in [-0.2, -0.15) is 0 Å². The molecule has 0 aliphatic carbocycles. The van der Waals surface area contributed by atoms with Gasteiger partial charge in [0.1, 0.15) is 11.5 Å². The second-order valence-electron chi connectivity index (χ2n) is 3.68. The Labute approximate surface area is 101 Å². The molecular weight excluding hydrogens is 222 g/mol. The lowest BCUT2D eigenvalue weighted by molar-refractivity contribution is 0.0907. The number of aliphatic hydroxyl groups is 1. The van der Waals surface area contributed by atoms with E-state index in [1.807, 2.05) is 0 Å². The van der Waals surface area contributed by atoms with Crippen LogP contribution in [0.3, 0.4) is 0 Å². The van der Waals surface area contributed by atoms with Crippen LogP contribution in [0.1, 0.15) is 12.0 Å². The zero-order chi connectivity index (χ0) is 12.5. The summed E-state index contributed by atoms with van der Waals surface area (Å²) in [4.78, 5) is 0. The van der Waals surface area contributed by atoms with Crippen molar-refractivity contribution in [2.75, 3.05) is 26.4 Å². The summed E-state index contributed by atoms with van der Waals surface area (Å²) in [6.07, 6.45) is 0.846. The number of phenols is 2. The summed E-state index contributed by atoms with van der Waals surface area (Å²) in [6.45, 7) is 2.35. The first-order valence-electron chi connectivity index (χ1n) is 5.64. The molecule has 0 fully saturated rings. The Morgan fingerprint density at radius 1 is 1.18 bits per heavy atom. The van der Waals surface area contributed by atoms with Gasteiger partial charge in [-0.3, -0.25) is 0 Å². The zero-order valence-electron chi connectivity index (χ0n) is 9.72. The molecule has 1 rings (SSSR count). The van der Waals surface area contributed by atoms with Crippen molar-refractivity contribution < 1.29 is 20.1 Å². The zero-order valence-corrected chi connectivity index (χ0v) is 9.72. The molecular formula is C12H19NO4. The van der Waals surface area contributed by atoms with Crippen molar-refractivity contribution in [2.45, 2.75) is 13.0 Å². The summed E-state index contributed by atoms with van der Waals surface area (Å²) in [5.74, 6) is 0.151. The first-order chi connectivity index (χ1) is 8.24. The van der Waals surface area contributed by atoms with Crippen LogP contribution in [0.5, 0.6) is 11.5 Å². The van der Waals surface area contributed by atoms with E-state index in [1.165, 1.54) is 6.07 Å². The highest BCUT2D eigenvalue weighted by Crippen LogP contribution is 2.21. The molecule has 0 atom stereocenters. The van der Waals surface area contributed by atoms with Gasteiger partial charge in [-0.15, -0.1) is 0 Å². The van der Waals surface area contributed by atoms with Crippen molar-refractivity contribution in [1.82, 2.24) is 5.32 Å². The van der Waals surface area contributed by atoms with Crippen LogP contribution in [0, 0.1) is 0 Å². The Hall–Kier alpha value is -1.30. The number of nitrogens with one attached hydrogen (secondary N) is 1. The number of aromatic hydroxyl groups is 2. The molecule has 5 heteroatoms. The lowest BCUT2D eigenvalue weighted by Crippen LogP contribution is -2.16. The molecule has 0 radical (unpaired) electrons. The first-order valence-corrected chi connectivity index (χ1v) is 5.64. The normalized spacial score (nSPS) is 10.6. The van der Waals surface area contributed by atoms with E-state index in [2.05, 4.69) is 5.32 Å². The van der Waals surface area contributed by atoms with Gasteiger partial charge in [0.25, 0.3) is 0 Å². The van der Waals surface area contributed by atoms with E-state index in [0.717, 1.165) is 18.5 Å². The van der Waals surface area contributed by atoms with Crippen molar-refractivity contribution in [3.8, 4) is 11.5 Å². The van der Waals surface area contributed by atoms with E-state index in [9.17, 15) is 5.11 Å². The average molecular weight is 241 g/mol. The fourth-order valence-corrected chi connectivity index (χ4v) is 1.39. The first kappa shape index (κ1) is 13.8. The van der Waals surface area contributed by atoms with Crippen molar-refractivity contribution in [3.05, 3.63) is 23.8 Å². The second kappa shape index (κ2) is 7.89. The molecule has 0 bridgehead atoms.